The van der Waals surface area contributed by atoms with Gasteiger partial charge in [0.05, 0.1) is 5.69 Å². The molecule has 0 saturated heterocycles. The summed E-state index contributed by atoms with van der Waals surface area (Å²) in [5, 5.41) is 4.11. The van der Waals surface area contributed by atoms with Crippen molar-refractivity contribution >= 4 is 16.3 Å². The maximum absolute atomic E-state index is 11.2. The molecule has 13 heavy (non-hydrogen) atoms. The minimum atomic E-state index is -0.187. The van der Waals surface area contributed by atoms with Crippen LogP contribution in [0.5, 0.6) is 0 Å². The highest BCUT2D eigenvalue weighted by molar-refractivity contribution is 7.14. The molecule has 0 bridgehead atoms. The third-order valence-electron chi connectivity index (χ3n) is 1.82. The lowest BCUT2D eigenvalue weighted by atomic mass is 10.1. The van der Waals surface area contributed by atoms with E-state index in [1.165, 1.54) is 17.4 Å². The largest absolute Gasteiger partial charge is 0.274 e. The van der Waals surface area contributed by atoms with E-state index in [9.17, 15) is 4.79 Å². The van der Waals surface area contributed by atoms with Gasteiger partial charge in [-0.2, -0.15) is 10.1 Å². The molecule has 0 aliphatic carbocycles. The molecule has 4 nitrogen and oxygen atoms in total. The molecule has 0 spiro atoms. The Kier molecular flexibility index (Phi) is 1.88. The van der Waals surface area contributed by atoms with E-state index in [-0.39, 0.29) is 11.5 Å². The van der Waals surface area contributed by atoms with Crippen LogP contribution < -0.4 is 5.56 Å². The molecule has 0 saturated carbocycles. The summed E-state index contributed by atoms with van der Waals surface area (Å²) in [5.74, 6) is 0.283. The lowest BCUT2D eigenvalue weighted by Crippen LogP contribution is -2.12. The highest BCUT2D eigenvalue weighted by Crippen LogP contribution is 2.14. The fourth-order valence-corrected chi connectivity index (χ4v) is 1.82. The Morgan fingerprint density at radius 1 is 1.54 bits per heavy atom. The van der Waals surface area contributed by atoms with Crippen LogP contribution in [0.4, 0.5) is 0 Å². The molecule has 0 radical (unpaired) electrons. The molecule has 0 aliphatic rings. The number of fused-ring (bicyclic) bond motifs is 1. The molecule has 0 atom stereocenters. The van der Waals surface area contributed by atoms with Crippen molar-refractivity contribution < 1.29 is 0 Å². The smallest absolute Gasteiger partial charge is 0.267 e. The van der Waals surface area contributed by atoms with Gasteiger partial charge in [0.1, 0.15) is 5.51 Å². The molecular formula is C8H9N3OS. The van der Waals surface area contributed by atoms with Gasteiger partial charge in [0.15, 0.2) is 0 Å². The van der Waals surface area contributed by atoms with E-state index in [2.05, 4.69) is 10.1 Å². The van der Waals surface area contributed by atoms with Gasteiger partial charge in [-0.15, -0.1) is 0 Å². The summed E-state index contributed by atoms with van der Waals surface area (Å²) in [7, 11) is 0. The number of nitrogens with zero attached hydrogens (tertiary/aromatic N) is 3. The van der Waals surface area contributed by atoms with Crippen LogP contribution in [0.25, 0.3) is 4.96 Å². The van der Waals surface area contributed by atoms with Gasteiger partial charge in [0.25, 0.3) is 5.56 Å². The van der Waals surface area contributed by atoms with Crippen molar-refractivity contribution in [2.75, 3.05) is 0 Å². The fraction of sp³-hybridized carbons (Fsp3) is 0.375. The Labute approximate surface area is 78.9 Å². The zero-order valence-corrected chi connectivity index (χ0v) is 8.21. The molecule has 2 aromatic rings. The van der Waals surface area contributed by atoms with Gasteiger partial charge >= 0.3 is 0 Å². The second kappa shape index (κ2) is 2.92. The number of hydrogen-bond acceptors (Lipinski definition) is 4. The molecule has 68 valence electrons. The van der Waals surface area contributed by atoms with E-state index >= 15 is 0 Å². The van der Waals surface area contributed by atoms with Crippen molar-refractivity contribution in [3.63, 3.8) is 0 Å². The van der Waals surface area contributed by atoms with Crippen LogP contribution in [0.3, 0.4) is 0 Å². The van der Waals surface area contributed by atoms with Crippen LogP contribution in [0.15, 0.2) is 16.4 Å². The summed E-state index contributed by atoms with van der Waals surface area (Å²) in [6.07, 6.45) is 0. The highest BCUT2D eigenvalue weighted by Gasteiger charge is 2.08. The average Bonchev–Trinajstić information content (AvgIpc) is 2.49. The summed E-state index contributed by atoms with van der Waals surface area (Å²) in [4.78, 5) is 15.7. The van der Waals surface area contributed by atoms with Gasteiger partial charge in [-0.1, -0.05) is 25.2 Å². The first kappa shape index (κ1) is 8.37. The van der Waals surface area contributed by atoms with Gasteiger partial charge in [0.2, 0.25) is 4.96 Å². The molecule has 2 heterocycles. The zero-order chi connectivity index (χ0) is 9.42. The summed E-state index contributed by atoms with van der Waals surface area (Å²) >= 11 is 1.37. The van der Waals surface area contributed by atoms with E-state index in [1.54, 1.807) is 10.0 Å². The van der Waals surface area contributed by atoms with Gasteiger partial charge in [-0.3, -0.25) is 4.79 Å². The van der Waals surface area contributed by atoms with E-state index in [1.807, 2.05) is 13.8 Å². The van der Waals surface area contributed by atoms with Crippen molar-refractivity contribution in [1.29, 1.82) is 0 Å². The third-order valence-corrected chi connectivity index (χ3v) is 2.49. The van der Waals surface area contributed by atoms with E-state index in [0.29, 0.717) is 4.96 Å². The van der Waals surface area contributed by atoms with Crippen molar-refractivity contribution in [3.05, 3.63) is 27.6 Å². The van der Waals surface area contributed by atoms with Gasteiger partial charge in [-0.05, 0) is 5.92 Å². The lowest BCUT2D eigenvalue weighted by Gasteiger charge is -2.05. The summed E-state index contributed by atoms with van der Waals surface area (Å²) in [5.41, 5.74) is 2.41. The molecule has 0 aromatic carbocycles. The topological polar surface area (TPSA) is 47.3 Å². The molecule has 0 aliphatic heterocycles. The SMILES string of the molecule is CC(C)c1cc(=O)nc2scnn12. The zero-order valence-electron chi connectivity index (χ0n) is 7.39. The Morgan fingerprint density at radius 2 is 2.31 bits per heavy atom. The molecule has 0 unspecified atom stereocenters. The van der Waals surface area contributed by atoms with E-state index in [4.69, 9.17) is 0 Å². The second-order valence-corrected chi connectivity index (χ2v) is 3.92. The molecule has 0 fully saturated rings. The van der Waals surface area contributed by atoms with Gasteiger partial charge < -0.3 is 0 Å². The monoisotopic (exact) mass is 195 g/mol. The quantitative estimate of drug-likeness (QED) is 0.688. The Bertz CT molecular complexity index is 485. The maximum Gasteiger partial charge on any atom is 0.274 e. The summed E-state index contributed by atoms with van der Waals surface area (Å²) < 4.78 is 1.72. The maximum atomic E-state index is 11.2. The first-order valence-electron chi connectivity index (χ1n) is 4.02. The Hall–Kier alpha value is -1.23. The summed E-state index contributed by atoms with van der Waals surface area (Å²) in [6.45, 7) is 4.06. The lowest BCUT2D eigenvalue weighted by molar-refractivity contribution is 0.746. The predicted molar refractivity (Wildman–Crippen MR) is 51.2 cm³/mol. The second-order valence-electron chi connectivity index (χ2n) is 3.11. The normalized spacial score (nSPS) is 11.3. The van der Waals surface area contributed by atoms with Gasteiger partial charge in [-0.25, -0.2) is 4.52 Å². The average molecular weight is 195 g/mol. The number of rotatable bonds is 1. The van der Waals surface area contributed by atoms with Crippen molar-refractivity contribution in [1.82, 2.24) is 14.6 Å². The van der Waals surface area contributed by atoms with Crippen LogP contribution in [-0.4, -0.2) is 14.6 Å². The van der Waals surface area contributed by atoms with E-state index < -0.39 is 0 Å². The van der Waals surface area contributed by atoms with Crippen molar-refractivity contribution in [3.8, 4) is 0 Å². The number of aromatic nitrogens is 3. The minimum Gasteiger partial charge on any atom is -0.267 e. The standard InChI is InChI=1S/C8H9N3OS/c1-5(2)6-3-7(12)10-8-11(6)9-4-13-8/h3-5H,1-2H3. The van der Waals surface area contributed by atoms with Crippen LogP contribution in [-0.2, 0) is 0 Å². The Morgan fingerprint density at radius 3 is 3.00 bits per heavy atom. The molecule has 5 heteroatoms. The van der Waals surface area contributed by atoms with Gasteiger partial charge in [0, 0.05) is 6.07 Å². The van der Waals surface area contributed by atoms with Crippen LogP contribution in [0.2, 0.25) is 0 Å². The minimum absolute atomic E-state index is 0.187. The predicted octanol–water partition coefficient (Wildman–Crippen LogP) is 1.27. The third kappa shape index (κ3) is 1.35. The van der Waals surface area contributed by atoms with Crippen molar-refractivity contribution in [2.24, 2.45) is 0 Å². The molecule has 0 N–H and O–H groups in total. The van der Waals surface area contributed by atoms with Crippen LogP contribution >= 0.6 is 11.3 Å². The summed E-state index contributed by atoms with van der Waals surface area (Å²) in [6, 6.07) is 1.54. The van der Waals surface area contributed by atoms with Crippen LogP contribution in [0.1, 0.15) is 25.5 Å². The fourth-order valence-electron chi connectivity index (χ4n) is 1.19. The van der Waals surface area contributed by atoms with E-state index in [0.717, 1.165) is 5.69 Å². The van der Waals surface area contributed by atoms with Crippen molar-refractivity contribution in [2.45, 2.75) is 19.8 Å². The van der Waals surface area contributed by atoms with Crippen LogP contribution in [0, 0.1) is 0 Å². The Balaban J connectivity index is 2.85. The number of hydrogen-bond donors (Lipinski definition) is 0. The molecule has 2 aromatic heterocycles. The first-order valence-corrected chi connectivity index (χ1v) is 4.90. The first-order chi connectivity index (χ1) is 6.18. The molecule has 2 rings (SSSR count). The molecule has 0 amide bonds. The molecular weight excluding hydrogens is 186 g/mol. The highest BCUT2D eigenvalue weighted by atomic mass is 32.1.